The Bertz CT molecular complexity index is 1110. The maximum absolute atomic E-state index is 16.0. The molecule has 0 bridgehead atoms. The van der Waals surface area contributed by atoms with Gasteiger partial charge < -0.3 is 24.2 Å². The van der Waals surface area contributed by atoms with Crippen molar-refractivity contribution in [3.05, 3.63) is 39.7 Å². The topological polar surface area (TPSA) is 75.0 Å². The van der Waals surface area contributed by atoms with Crippen LogP contribution in [-0.4, -0.2) is 66.0 Å². The quantitative estimate of drug-likeness (QED) is 0.760. The minimum atomic E-state index is -1.40. The zero-order valence-electron chi connectivity index (χ0n) is 17.9. The van der Waals surface area contributed by atoms with E-state index in [1.807, 2.05) is 0 Å². The standard InChI is InChI=1S/C23H27F2N3O4/c24-18-10-16-20(28(14-4-5-14)12-17(22(16)29)23(30)31)19(25)21(18)27-8-9-32-13-15(27)11-26-6-2-1-3-7-26/h10,12,14-15H,1-9,11,13H2,(H,30,31). The summed E-state index contributed by atoms with van der Waals surface area (Å²) in [4.78, 5) is 28.3. The molecule has 32 heavy (non-hydrogen) atoms. The number of aromatic nitrogens is 1. The molecule has 1 aromatic carbocycles. The number of morpholine rings is 1. The van der Waals surface area contributed by atoms with Crippen molar-refractivity contribution in [2.24, 2.45) is 0 Å². The normalized spacial score (nSPS) is 22.4. The third kappa shape index (κ3) is 3.77. The molecule has 3 aliphatic rings. The molecule has 3 fully saturated rings. The van der Waals surface area contributed by atoms with Gasteiger partial charge >= 0.3 is 5.97 Å². The highest BCUT2D eigenvalue weighted by atomic mass is 19.1. The van der Waals surface area contributed by atoms with Gasteiger partial charge in [-0.3, -0.25) is 4.79 Å². The fourth-order valence-corrected chi connectivity index (χ4v) is 5.03. The third-order valence-electron chi connectivity index (χ3n) is 6.79. The molecule has 2 aliphatic heterocycles. The lowest BCUT2D eigenvalue weighted by atomic mass is 10.1. The van der Waals surface area contributed by atoms with E-state index in [9.17, 15) is 14.7 Å². The van der Waals surface area contributed by atoms with Crippen molar-refractivity contribution in [3.63, 3.8) is 0 Å². The zero-order chi connectivity index (χ0) is 22.4. The summed E-state index contributed by atoms with van der Waals surface area (Å²) in [6, 6.07) is 0.718. The van der Waals surface area contributed by atoms with Crippen LogP contribution in [0, 0.1) is 11.6 Å². The number of fused-ring (bicyclic) bond motifs is 1. The van der Waals surface area contributed by atoms with Crippen molar-refractivity contribution in [3.8, 4) is 0 Å². The number of carboxylic acids is 1. The predicted molar refractivity (Wildman–Crippen MR) is 116 cm³/mol. The van der Waals surface area contributed by atoms with Crippen LogP contribution in [0.3, 0.4) is 0 Å². The van der Waals surface area contributed by atoms with Gasteiger partial charge in [0.25, 0.3) is 0 Å². The van der Waals surface area contributed by atoms with E-state index in [1.54, 1.807) is 4.90 Å². The number of hydrogen-bond donors (Lipinski definition) is 1. The minimum absolute atomic E-state index is 0.0119. The van der Waals surface area contributed by atoms with Crippen molar-refractivity contribution in [1.29, 1.82) is 0 Å². The van der Waals surface area contributed by atoms with Crippen molar-refractivity contribution in [1.82, 2.24) is 9.47 Å². The first kappa shape index (κ1) is 21.3. The van der Waals surface area contributed by atoms with Gasteiger partial charge in [0.2, 0.25) is 5.43 Å². The summed E-state index contributed by atoms with van der Waals surface area (Å²) in [6.07, 6.45) is 6.17. The van der Waals surface area contributed by atoms with Gasteiger partial charge in [-0.2, -0.15) is 0 Å². The van der Waals surface area contributed by atoms with E-state index in [-0.39, 0.29) is 28.7 Å². The van der Waals surface area contributed by atoms with Crippen LogP contribution in [0.4, 0.5) is 14.5 Å². The molecule has 1 unspecified atom stereocenters. The van der Waals surface area contributed by atoms with Crippen molar-refractivity contribution < 1.29 is 23.4 Å². The number of nitrogens with zero attached hydrogens (tertiary/aromatic N) is 3. The molecule has 0 amide bonds. The lowest BCUT2D eigenvalue weighted by Crippen LogP contribution is -2.52. The van der Waals surface area contributed by atoms with Crippen LogP contribution >= 0.6 is 0 Å². The van der Waals surface area contributed by atoms with Crippen LogP contribution in [0.15, 0.2) is 17.1 Å². The lowest BCUT2D eigenvalue weighted by molar-refractivity contribution is 0.0694. The first-order chi connectivity index (χ1) is 15.5. The number of ether oxygens (including phenoxy) is 1. The molecular weight excluding hydrogens is 420 g/mol. The fraction of sp³-hybridized carbons (Fsp3) is 0.565. The molecule has 2 aromatic rings. The minimum Gasteiger partial charge on any atom is -0.477 e. The number of likely N-dealkylation sites (tertiary alicyclic amines) is 1. The molecule has 172 valence electrons. The van der Waals surface area contributed by atoms with Gasteiger partial charge in [-0.15, -0.1) is 0 Å². The Morgan fingerprint density at radius 3 is 2.59 bits per heavy atom. The fourth-order valence-electron chi connectivity index (χ4n) is 5.03. The largest absolute Gasteiger partial charge is 0.477 e. The highest BCUT2D eigenvalue weighted by Gasteiger charge is 2.34. The third-order valence-corrected chi connectivity index (χ3v) is 6.79. The molecule has 2 saturated heterocycles. The maximum atomic E-state index is 16.0. The monoisotopic (exact) mass is 447 g/mol. The SMILES string of the molecule is O=C(O)c1cn(C2CC2)c2c(F)c(N3CCOCC3CN3CCCCC3)c(F)cc2c1=O. The van der Waals surface area contributed by atoms with E-state index in [0.717, 1.165) is 44.8 Å². The van der Waals surface area contributed by atoms with E-state index in [1.165, 1.54) is 17.2 Å². The average Bonchev–Trinajstić information content (AvgIpc) is 3.61. The molecule has 0 radical (unpaired) electrons. The molecule has 9 heteroatoms. The van der Waals surface area contributed by atoms with E-state index in [0.29, 0.717) is 26.3 Å². The van der Waals surface area contributed by atoms with Crippen LogP contribution in [0.5, 0.6) is 0 Å². The Labute approximate surface area is 184 Å². The van der Waals surface area contributed by atoms with Crippen molar-refractivity contribution in [2.75, 3.05) is 44.3 Å². The average molecular weight is 447 g/mol. The number of hydrogen-bond acceptors (Lipinski definition) is 5. The number of carboxylic acid groups (broad SMARTS) is 1. The van der Waals surface area contributed by atoms with E-state index < -0.39 is 28.6 Å². The highest BCUT2D eigenvalue weighted by Crippen LogP contribution is 2.40. The Kier molecular flexibility index (Phi) is 5.63. The molecule has 1 atom stereocenters. The first-order valence-corrected chi connectivity index (χ1v) is 11.3. The Balaban J connectivity index is 1.62. The van der Waals surface area contributed by atoms with Crippen LogP contribution in [-0.2, 0) is 4.74 Å². The molecule has 1 N–H and O–H groups in total. The van der Waals surface area contributed by atoms with Gasteiger partial charge in [-0.1, -0.05) is 6.42 Å². The summed E-state index contributed by atoms with van der Waals surface area (Å²) in [7, 11) is 0. The van der Waals surface area contributed by atoms with Gasteiger partial charge in [-0.25, -0.2) is 13.6 Å². The van der Waals surface area contributed by atoms with Crippen molar-refractivity contribution >= 4 is 22.6 Å². The molecule has 3 heterocycles. The smallest absolute Gasteiger partial charge is 0.341 e. The number of benzene rings is 1. The molecule has 0 spiro atoms. The van der Waals surface area contributed by atoms with Gasteiger partial charge in [0.05, 0.1) is 30.2 Å². The molecule has 7 nitrogen and oxygen atoms in total. The number of halogens is 2. The summed E-state index contributed by atoms with van der Waals surface area (Å²) >= 11 is 0. The van der Waals surface area contributed by atoms with Gasteiger partial charge in [0.1, 0.15) is 17.1 Å². The first-order valence-electron chi connectivity index (χ1n) is 11.3. The Morgan fingerprint density at radius 1 is 1.16 bits per heavy atom. The number of pyridine rings is 1. The Morgan fingerprint density at radius 2 is 1.91 bits per heavy atom. The van der Waals surface area contributed by atoms with E-state index >= 15 is 8.78 Å². The number of rotatable bonds is 5. The summed E-state index contributed by atoms with van der Waals surface area (Å²) in [5.74, 6) is -3.04. The molecular formula is C23H27F2N3O4. The van der Waals surface area contributed by atoms with E-state index in [4.69, 9.17) is 4.74 Å². The summed E-state index contributed by atoms with van der Waals surface area (Å²) in [6.45, 7) is 3.67. The zero-order valence-corrected chi connectivity index (χ0v) is 17.9. The van der Waals surface area contributed by atoms with Crippen LogP contribution < -0.4 is 10.3 Å². The van der Waals surface area contributed by atoms with Crippen LogP contribution in [0.1, 0.15) is 48.5 Å². The number of piperidine rings is 1. The summed E-state index contributed by atoms with van der Waals surface area (Å²) in [5, 5.41) is 9.19. The van der Waals surface area contributed by atoms with Crippen molar-refractivity contribution in [2.45, 2.75) is 44.2 Å². The number of anilines is 1. The number of carbonyl (C=O) groups is 1. The second kappa shape index (κ2) is 8.44. The molecule has 1 aromatic heterocycles. The second-order valence-electron chi connectivity index (χ2n) is 9.02. The lowest BCUT2D eigenvalue weighted by Gasteiger charge is -2.41. The molecule has 5 rings (SSSR count). The highest BCUT2D eigenvalue weighted by molar-refractivity contribution is 5.94. The summed E-state index contributed by atoms with van der Waals surface area (Å²) in [5.41, 5.74) is -1.49. The maximum Gasteiger partial charge on any atom is 0.341 e. The second-order valence-corrected chi connectivity index (χ2v) is 9.02. The van der Waals surface area contributed by atoms with Gasteiger partial charge in [0, 0.05) is 25.3 Å². The van der Waals surface area contributed by atoms with Crippen LogP contribution in [0.2, 0.25) is 0 Å². The Hall–Kier alpha value is -2.52. The summed E-state index contributed by atoms with van der Waals surface area (Å²) < 4.78 is 38.5. The molecule has 1 aliphatic carbocycles. The van der Waals surface area contributed by atoms with Crippen LogP contribution in [0.25, 0.3) is 10.9 Å². The predicted octanol–water partition coefficient (Wildman–Crippen LogP) is 3.00. The number of aromatic carboxylic acids is 1. The van der Waals surface area contributed by atoms with Gasteiger partial charge in [0.15, 0.2) is 5.82 Å². The van der Waals surface area contributed by atoms with Gasteiger partial charge in [-0.05, 0) is 44.8 Å². The molecule has 1 saturated carbocycles. The van der Waals surface area contributed by atoms with E-state index in [2.05, 4.69) is 4.90 Å².